The highest BCUT2D eigenvalue weighted by Crippen LogP contribution is 2.23. The first kappa shape index (κ1) is 19.0. The maximum absolute atomic E-state index is 5.72. The van der Waals surface area contributed by atoms with E-state index < -0.39 is 0 Å². The fourth-order valence-corrected chi connectivity index (χ4v) is 3.95. The predicted molar refractivity (Wildman–Crippen MR) is 94.2 cm³/mol. The molecule has 1 aromatic rings. The Morgan fingerprint density at radius 1 is 1.24 bits per heavy atom. The molecule has 0 N–H and O–H groups in total. The SMILES string of the molecule is CCC[Si]SOCCc1cc(OCCCOC)ccc1Br. The average Bonchev–Trinajstić information content (AvgIpc) is 2.50. The Hall–Kier alpha value is -0.0131. The molecular formula is C15H23BrO3SSi. The summed E-state index contributed by atoms with van der Waals surface area (Å²) < 4.78 is 17.4. The summed E-state index contributed by atoms with van der Waals surface area (Å²) in [5.41, 5.74) is 1.22. The first-order chi connectivity index (χ1) is 10.3. The standard InChI is InChI=1S/C15H23BrO3SSi/c1-3-11-21-20-19-10-7-13-12-14(5-6-15(13)16)18-9-4-8-17-2/h5-6,12H,3-4,7-11H2,1-2H3. The lowest BCUT2D eigenvalue weighted by Gasteiger charge is -2.10. The molecule has 2 radical (unpaired) electrons. The van der Waals surface area contributed by atoms with Crippen LogP contribution in [0.5, 0.6) is 5.75 Å². The van der Waals surface area contributed by atoms with Crippen molar-refractivity contribution in [3.8, 4) is 5.75 Å². The maximum Gasteiger partial charge on any atom is 0.163 e. The number of hydrogen-bond donors (Lipinski definition) is 0. The van der Waals surface area contributed by atoms with Crippen molar-refractivity contribution in [3.63, 3.8) is 0 Å². The fourth-order valence-electron chi connectivity index (χ4n) is 1.60. The van der Waals surface area contributed by atoms with Crippen molar-refractivity contribution in [1.82, 2.24) is 0 Å². The van der Waals surface area contributed by atoms with Crippen LogP contribution in [-0.2, 0) is 15.3 Å². The monoisotopic (exact) mass is 390 g/mol. The van der Waals surface area contributed by atoms with Crippen molar-refractivity contribution < 1.29 is 13.7 Å². The van der Waals surface area contributed by atoms with Crippen LogP contribution in [0.3, 0.4) is 0 Å². The predicted octanol–water partition coefficient (Wildman–Crippen LogP) is 4.52. The molecule has 6 heteroatoms. The first-order valence-electron chi connectivity index (χ1n) is 7.19. The van der Waals surface area contributed by atoms with Crippen LogP contribution < -0.4 is 4.74 Å². The second-order valence-electron chi connectivity index (χ2n) is 4.50. The van der Waals surface area contributed by atoms with Crippen LogP contribution >= 0.6 is 27.4 Å². The number of methoxy groups -OCH3 is 1. The van der Waals surface area contributed by atoms with Crippen molar-refractivity contribution in [2.75, 3.05) is 26.9 Å². The number of ether oxygens (including phenoxy) is 2. The third kappa shape index (κ3) is 8.88. The van der Waals surface area contributed by atoms with Crippen molar-refractivity contribution >= 4 is 36.1 Å². The molecule has 0 bridgehead atoms. The van der Waals surface area contributed by atoms with Gasteiger partial charge in [0.25, 0.3) is 0 Å². The summed E-state index contributed by atoms with van der Waals surface area (Å²) in [5, 5.41) is 0. The van der Waals surface area contributed by atoms with Crippen molar-refractivity contribution in [2.45, 2.75) is 32.2 Å². The summed E-state index contributed by atoms with van der Waals surface area (Å²) in [6.07, 6.45) is 3.02. The van der Waals surface area contributed by atoms with Gasteiger partial charge in [0.05, 0.1) is 13.2 Å². The third-order valence-corrected chi connectivity index (χ3v) is 5.90. The zero-order valence-corrected chi connectivity index (χ0v) is 16.1. The molecule has 0 aromatic heterocycles. The van der Waals surface area contributed by atoms with Crippen molar-refractivity contribution in [3.05, 3.63) is 28.2 Å². The number of rotatable bonds is 12. The first-order valence-corrected chi connectivity index (χ1v) is 10.7. The number of halogens is 1. The van der Waals surface area contributed by atoms with Crippen LogP contribution in [0.2, 0.25) is 6.04 Å². The van der Waals surface area contributed by atoms with Crippen molar-refractivity contribution in [2.24, 2.45) is 0 Å². The highest BCUT2D eigenvalue weighted by molar-refractivity contribution is 9.10. The molecule has 0 saturated carbocycles. The Labute approximate surface area is 142 Å². The highest BCUT2D eigenvalue weighted by atomic mass is 79.9. The molecule has 1 aromatic carbocycles. The summed E-state index contributed by atoms with van der Waals surface area (Å²) in [7, 11) is 2.55. The van der Waals surface area contributed by atoms with Crippen LogP contribution in [0.1, 0.15) is 25.3 Å². The van der Waals surface area contributed by atoms with E-state index in [9.17, 15) is 0 Å². The molecule has 1 rings (SSSR count). The average molecular weight is 391 g/mol. The summed E-state index contributed by atoms with van der Waals surface area (Å²) in [4.78, 5) is 0. The molecule has 118 valence electrons. The maximum atomic E-state index is 5.72. The quantitative estimate of drug-likeness (QED) is 0.298. The smallest absolute Gasteiger partial charge is 0.163 e. The van der Waals surface area contributed by atoms with Gasteiger partial charge in [-0.25, -0.2) is 0 Å². The highest BCUT2D eigenvalue weighted by Gasteiger charge is 2.03. The molecule has 0 saturated heterocycles. The molecule has 0 amide bonds. The minimum atomic E-state index is 0.680. The largest absolute Gasteiger partial charge is 0.493 e. The van der Waals surface area contributed by atoms with E-state index in [1.54, 1.807) is 18.6 Å². The summed E-state index contributed by atoms with van der Waals surface area (Å²) in [6.45, 7) is 4.34. The Morgan fingerprint density at radius 2 is 2.10 bits per heavy atom. The molecule has 0 heterocycles. The summed E-state index contributed by atoms with van der Waals surface area (Å²) in [5.74, 6) is 0.907. The normalized spacial score (nSPS) is 10.8. The minimum absolute atomic E-state index is 0.680. The van der Waals surface area contributed by atoms with Gasteiger partial charge in [-0.3, -0.25) is 0 Å². The lowest BCUT2D eigenvalue weighted by atomic mass is 10.1. The molecule has 0 unspecified atom stereocenters. The summed E-state index contributed by atoms with van der Waals surface area (Å²) in [6, 6.07) is 7.34. The van der Waals surface area contributed by atoms with E-state index in [0.29, 0.717) is 6.61 Å². The van der Waals surface area contributed by atoms with Gasteiger partial charge in [0.15, 0.2) is 8.67 Å². The molecule has 21 heavy (non-hydrogen) atoms. The summed E-state index contributed by atoms with van der Waals surface area (Å²) >= 11 is 5.18. The Morgan fingerprint density at radius 3 is 2.86 bits per heavy atom. The lowest BCUT2D eigenvalue weighted by Crippen LogP contribution is -2.02. The van der Waals surface area contributed by atoms with E-state index in [4.69, 9.17) is 13.7 Å². The van der Waals surface area contributed by atoms with Crippen LogP contribution in [-0.4, -0.2) is 35.6 Å². The van der Waals surface area contributed by atoms with E-state index in [1.807, 2.05) is 12.1 Å². The van der Waals surface area contributed by atoms with E-state index >= 15 is 0 Å². The van der Waals surface area contributed by atoms with Crippen molar-refractivity contribution in [1.29, 1.82) is 0 Å². The van der Waals surface area contributed by atoms with Gasteiger partial charge in [0.1, 0.15) is 5.75 Å². The fraction of sp³-hybridized carbons (Fsp3) is 0.600. The second-order valence-corrected chi connectivity index (χ2v) is 7.91. The molecule has 0 spiro atoms. The van der Waals surface area contributed by atoms with Crippen LogP contribution in [0.15, 0.2) is 22.7 Å². The van der Waals surface area contributed by atoms with Gasteiger partial charge in [-0.1, -0.05) is 29.3 Å². The Bertz CT molecular complexity index is 393. The molecule has 0 atom stereocenters. The molecule has 0 fully saturated rings. The molecule has 0 aliphatic heterocycles. The second kappa shape index (κ2) is 12.5. The molecular weight excluding hydrogens is 368 g/mol. The van der Waals surface area contributed by atoms with Gasteiger partial charge in [-0.15, -0.1) is 0 Å². The van der Waals surface area contributed by atoms with E-state index in [2.05, 4.69) is 28.9 Å². The topological polar surface area (TPSA) is 27.7 Å². The van der Waals surface area contributed by atoms with Gasteiger partial charge in [0, 0.05) is 24.6 Å². The van der Waals surface area contributed by atoms with Crippen LogP contribution in [0, 0.1) is 0 Å². The van der Waals surface area contributed by atoms with Gasteiger partial charge >= 0.3 is 0 Å². The Kier molecular flexibility index (Phi) is 11.4. The van der Waals surface area contributed by atoms with Crippen LogP contribution in [0.25, 0.3) is 0 Å². The van der Waals surface area contributed by atoms with Gasteiger partial charge < -0.3 is 13.7 Å². The lowest BCUT2D eigenvalue weighted by molar-refractivity contribution is 0.172. The van der Waals surface area contributed by atoms with Crippen LogP contribution in [0.4, 0.5) is 0 Å². The molecule has 3 nitrogen and oxygen atoms in total. The van der Waals surface area contributed by atoms with E-state index in [0.717, 1.165) is 44.9 Å². The minimum Gasteiger partial charge on any atom is -0.493 e. The zero-order valence-electron chi connectivity index (χ0n) is 12.7. The zero-order chi connectivity index (χ0) is 15.3. The van der Waals surface area contributed by atoms with Gasteiger partial charge in [-0.05, 0) is 47.7 Å². The molecule has 0 aliphatic carbocycles. The molecule has 0 aliphatic rings. The number of benzene rings is 1. The number of hydrogen-bond acceptors (Lipinski definition) is 4. The van der Waals surface area contributed by atoms with E-state index in [-0.39, 0.29) is 0 Å². The van der Waals surface area contributed by atoms with Gasteiger partial charge in [-0.2, -0.15) is 0 Å². The van der Waals surface area contributed by atoms with E-state index in [1.165, 1.54) is 18.0 Å². The third-order valence-electron chi connectivity index (χ3n) is 2.70. The van der Waals surface area contributed by atoms with Gasteiger partial charge in [0.2, 0.25) is 0 Å². The Balaban J connectivity index is 2.31.